The highest BCUT2D eigenvalue weighted by molar-refractivity contribution is 6.30. The van der Waals surface area contributed by atoms with E-state index in [-0.39, 0.29) is 5.91 Å². The maximum absolute atomic E-state index is 12.4. The number of fused-ring (bicyclic) bond motifs is 1. The molecule has 4 aromatic rings. The summed E-state index contributed by atoms with van der Waals surface area (Å²) in [6.45, 7) is 0. The van der Waals surface area contributed by atoms with Crippen molar-refractivity contribution in [1.82, 2.24) is 9.55 Å². The number of aromatic nitrogens is 2. The molecule has 0 bridgehead atoms. The fourth-order valence-corrected chi connectivity index (χ4v) is 2.89. The summed E-state index contributed by atoms with van der Waals surface area (Å²) in [4.78, 5) is 16.8. The highest BCUT2D eigenvalue weighted by Gasteiger charge is 2.10. The number of amides is 1. The number of hydrogen-bond acceptors (Lipinski definition) is 2. The van der Waals surface area contributed by atoms with Gasteiger partial charge in [0.1, 0.15) is 6.33 Å². The standard InChI is InChI=1S/C20H14ClN3O/c21-15-5-4-8-17(12-15)24-13-22-18-11-14(9-10-19(18)24)20(25)23-16-6-2-1-3-7-16/h1-13H,(H,23,25). The van der Waals surface area contributed by atoms with Crippen LogP contribution in [0.25, 0.3) is 16.7 Å². The average Bonchev–Trinajstić information content (AvgIpc) is 3.06. The van der Waals surface area contributed by atoms with Crippen molar-refractivity contribution in [2.24, 2.45) is 0 Å². The van der Waals surface area contributed by atoms with Crippen LogP contribution in [0, 0.1) is 0 Å². The Bertz CT molecular complexity index is 1060. The minimum atomic E-state index is -0.162. The predicted molar refractivity (Wildman–Crippen MR) is 100 cm³/mol. The minimum absolute atomic E-state index is 0.162. The molecule has 0 saturated carbocycles. The average molecular weight is 348 g/mol. The smallest absolute Gasteiger partial charge is 0.255 e. The van der Waals surface area contributed by atoms with Gasteiger partial charge in [-0.3, -0.25) is 9.36 Å². The molecule has 4 rings (SSSR count). The number of carbonyl (C=O) groups is 1. The summed E-state index contributed by atoms with van der Waals surface area (Å²) in [5.74, 6) is -0.162. The number of rotatable bonds is 3. The first-order valence-corrected chi connectivity index (χ1v) is 8.18. The van der Waals surface area contributed by atoms with Crippen molar-refractivity contribution in [2.45, 2.75) is 0 Å². The van der Waals surface area contributed by atoms with E-state index in [9.17, 15) is 4.79 Å². The summed E-state index contributed by atoms with van der Waals surface area (Å²) in [5.41, 5.74) is 3.92. The molecule has 5 heteroatoms. The Hall–Kier alpha value is -3.11. The Balaban J connectivity index is 1.67. The third kappa shape index (κ3) is 3.12. The zero-order valence-corrected chi connectivity index (χ0v) is 13.9. The van der Waals surface area contributed by atoms with Crippen LogP contribution in [0.4, 0.5) is 5.69 Å². The molecule has 1 amide bonds. The fourth-order valence-electron chi connectivity index (χ4n) is 2.71. The Morgan fingerprint density at radius 2 is 1.80 bits per heavy atom. The maximum Gasteiger partial charge on any atom is 0.255 e. The van der Waals surface area contributed by atoms with Gasteiger partial charge in [0.25, 0.3) is 5.91 Å². The van der Waals surface area contributed by atoms with Gasteiger partial charge in [-0.05, 0) is 48.5 Å². The lowest BCUT2D eigenvalue weighted by atomic mass is 10.1. The number of benzene rings is 3. The summed E-state index contributed by atoms with van der Waals surface area (Å²) in [6.07, 6.45) is 1.73. The predicted octanol–water partition coefficient (Wildman–Crippen LogP) is 4.93. The van der Waals surface area contributed by atoms with Crippen LogP contribution in [0.15, 0.2) is 79.1 Å². The number of para-hydroxylation sites is 1. The van der Waals surface area contributed by atoms with Crippen molar-refractivity contribution in [3.63, 3.8) is 0 Å². The van der Waals surface area contributed by atoms with Crippen LogP contribution in [0.2, 0.25) is 5.02 Å². The van der Waals surface area contributed by atoms with Crippen LogP contribution in [-0.2, 0) is 0 Å². The molecule has 0 fully saturated rings. The molecular formula is C20H14ClN3O. The van der Waals surface area contributed by atoms with Gasteiger partial charge in [-0.15, -0.1) is 0 Å². The van der Waals surface area contributed by atoms with E-state index in [4.69, 9.17) is 11.6 Å². The second kappa shape index (κ2) is 6.42. The first-order chi connectivity index (χ1) is 12.2. The van der Waals surface area contributed by atoms with Crippen molar-refractivity contribution in [3.05, 3.63) is 89.7 Å². The minimum Gasteiger partial charge on any atom is -0.322 e. The second-order valence-electron chi connectivity index (χ2n) is 5.62. The molecule has 0 spiro atoms. The molecule has 25 heavy (non-hydrogen) atoms. The van der Waals surface area contributed by atoms with Crippen LogP contribution in [-0.4, -0.2) is 15.5 Å². The highest BCUT2D eigenvalue weighted by atomic mass is 35.5. The van der Waals surface area contributed by atoms with Crippen molar-refractivity contribution < 1.29 is 4.79 Å². The lowest BCUT2D eigenvalue weighted by Crippen LogP contribution is -2.11. The number of nitrogens with zero attached hydrogens (tertiary/aromatic N) is 2. The van der Waals surface area contributed by atoms with E-state index in [0.29, 0.717) is 10.6 Å². The summed E-state index contributed by atoms with van der Waals surface area (Å²) in [5, 5.41) is 3.54. The molecule has 3 aromatic carbocycles. The van der Waals surface area contributed by atoms with Gasteiger partial charge in [0.05, 0.1) is 11.0 Å². The summed E-state index contributed by atoms with van der Waals surface area (Å²) >= 11 is 6.07. The topological polar surface area (TPSA) is 46.9 Å². The van der Waals surface area contributed by atoms with E-state index in [0.717, 1.165) is 22.4 Å². The highest BCUT2D eigenvalue weighted by Crippen LogP contribution is 2.22. The van der Waals surface area contributed by atoms with Gasteiger partial charge in [0.15, 0.2) is 0 Å². The third-order valence-corrected chi connectivity index (χ3v) is 4.16. The molecule has 0 atom stereocenters. The van der Waals surface area contributed by atoms with E-state index < -0.39 is 0 Å². The summed E-state index contributed by atoms with van der Waals surface area (Å²) in [7, 11) is 0. The number of halogens is 1. The van der Waals surface area contributed by atoms with E-state index in [2.05, 4.69) is 10.3 Å². The van der Waals surface area contributed by atoms with E-state index in [1.54, 1.807) is 18.5 Å². The largest absolute Gasteiger partial charge is 0.322 e. The van der Waals surface area contributed by atoms with Crippen molar-refractivity contribution in [3.8, 4) is 5.69 Å². The molecule has 0 aliphatic carbocycles. The Morgan fingerprint density at radius 3 is 2.60 bits per heavy atom. The molecule has 122 valence electrons. The fraction of sp³-hybridized carbons (Fsp3) is 0. The van der Waals surface area contributed by atoms with Gasteiger partial charge >= 0.3 is 0 Å². The van der Waals surface area contributed by atoms with Crippen LogP contribution >= 0.6 is 11.6 Å². The first-order valence-electron chi connectivity index (χ1n) is 7.80. The van der Waals surface area contributed by atoms with Crippen molar-refractivity contribution in [2.75, 3.05) is 5.32 Å². The Labute approximate surface area is 149 Å². The van der Waals surface area contributed by atoms with Gasteiger partial charge in [-0.2, -0.15) is 0 Å². The number of nitrogens with one attached hydrogen (secondary N) is 1. The lowest BCUT2D eigenvalue weighted by molar-refractivity contribution is 0.102. The molecule has 1 heterocycles. The molecule has 1 aromatic heterocycles. The van der Waals surface area contributed by atoms with E-state index in [1.807, 2.05) is 65.2 Å². The van der Waals surface area contributed by atoms with E-state index >= 15 is 0 Å². The Morgan fingerprint density at radius 1 is 0.960 bits per heavy atom. The molecule has 0 aliphatic heterocycles. The number of imidazole rings is 1. The molecule has 1 N–H and O–H groups in total. The molecule has 0 saturated heterocycles. The van der Waals surface area contributed by atoms with Crippen LogP contribution < -0.4 is 5.32 Å². The SMILES string of the molecule is O=C(Nc1ccccc1)c1ccc2c(c1)ncn2-c1cccc(Cl)c1. The first kappa shape index (κ1) is 15.4. The quantitative estimate of drug-likeness (QED) is 0.571. The zero-order valence-electron chi connectivity index (χ0n) is 13.2. The second-order valence-corrected chi connectivity index (χ2v) is 6.05. The zero-order chi connectivity index (χ0) is 17.2. The van der Waals surface area contributed by atoms with Crippen molar-refractivity contribution >= 4 is 34.2 Å². The van der Waals surface area contributed by atoms with Crippen LogP contribution in [0.5, 0.6) is 0 Å². The van der Waals surface area contributed by atoms with Gasteiger partial charge in [0, 0.05) is 22.0 Å². The summed E-state index contributed by atoms with van der Waals surface area (Å²) in [6, 6.07) is 22.4. The monoisotopic (exact) mass is 347 g/mol. The molecular weight excluding hydrogens is 334 g/mol. The lowest BCUT2D eigenvalue weighted by Gasteiger charge is -2.07. The van der Waals surface area contributed by atoms with Gasteiger partial charge < -0.3 is 5.32 Å². The molecule has 0 aliphatic rings. The van der Waals surface area contributed by atoms with Crippen LogP contribution in [0.1, 0.15) is 10.4 Å². The van der Waals surface area contributed by atoms with Crippen LogP contribution in [0.3, 0.4) is 0 Å². The number of anilines is 1. The third-order valence-electron chi connectivity index (χ3n) is 3.93. The summed E-state index contributed by atoms with van der Waals surface area (Å²) < 4.78 is 1.94. The van der Waals surface area contributed by atoms with Gasteiger partial charge in [-0.1, -0.05) is 35.9 Å². The number of hydrogen-bond donors (Lipinski definition) is 1. The maximum atomic E-state index is 12.4. The van der Waals surface area contributed by atoms with Gasteiger partial charge in [-0.25, -0.2) is 4.98 Å². The molecule has 0 unspecified atom stereocenters. The van der Waals surface area contributed by atoms with Crippen molar-refractivity contribution in [1.29, 1.82) is 0 Å². The van der Waals surface area contributed by atoms with Gasteiger partial charge in [0.2, 0.25) is 0 Å². The normalized spacial score (nSPS) is 10.8. The molecule has 0 radical (unpaired) electrons. The number of carbonyl (C=O) groups excluding carboxylic acids is 1. The Kier molecular flexibility index (Phi) is 3.96. The molecule has 4 nitrogen and oxygen atoms in total. The van der Waals surface area contributed by atoms with E-state index in [1.165, 1.54) is 0 Å².